The zero-order chi connectivity index (χ0) is 11.5. The molecule has 2 rings (SSSR count). The van der Waals surface area contributed by atoms with Crippen molar-refractivity contribution in [2.75, 3.05) is 13.2 Å². The van der Waals surface area contributed by atoms with Crippen LogP contribution in [0.3, 0.4) is 0 Å². The maximum absolute atomic E-state index is 11.3. The van der Waals surface area contributed by atoms with Crippen molar-refractivity contribution in [1.29, 1.82) is 0 Å². The van der Waals surface area contributed by atoms with Crippen LogP contribution in [0.2, 0.25) is 0 Å². The lowest BCUT2D eigenvalue weighted by atomic mass is 10.1. The van der Waals surface area contributed by atoms with E-state index >= 15 is 0 Å². The average Bonchev–Trinajstić information content (AvgIpc) is 2.65. The molecule has 1 aromatic carbocycles. The minimum Gasteiger partial charge on any atom is -0.448 e. The Balaban J connectivity index is 2.12. The minimum atomic E-state index is -0.263. The smallest absolute Gasteiger partial charge is 0.410 e. The Hall–Kier alpha value is -1.62. The van der Waals surface area contributed by atoms with Crippen molar-refractivity contribution in [2.45, 2.75) is 6.54 Å². The number of hydrogen-bond acceptors (Lipinski definition) is 3. The molecule has 1 saturated heterocycles. The first-order chi connectivity index (χ1) is 7.66. The highest BCUT2D eigenvalue weighted by atomic mass is 32.1. The van der Waals surface area contributed by atoms with Crippen molar-refractivity contribution in [3.05, 3.63) is 35.4 Å². The van der Waals surface area contributed by atoms with Crippen molar-refractivity contribution in [2.24, 2.45) is 5.73 Å². The van der Waals surface area contributed by atoms with Crippen molar-refractivity contribution in [3.8, 4) is 0 Å². The van der Waals surface area contributed by atoms with Gasteiger partial charge in [0.2, 0.25) is 0 Å². The summed E-state index contributed by atoms with van der Waals surface area (Å²) in [4.78, 5) is 13.3. The molecule has 0 bridgehead atoms. The summed E-state index contributed by atoms with van der Waals surface area (Å²) in [7, 11) is 0. The molecule has 2 N–H and O–H groups in total. The molecule has 1 amide bonds. The van der Waals surface area contributed by atoms with Gasteiger partial charge in [0.15, 0.2) is 0 Å². The van der Waals surface area contributed by atoms with Gasteiger partial charge in [0.1, 0.15) is 11.6 Å². The third-order valence-electron chi connectivity index (χ3n) is 2.43. The maximum Gasteiger partial charge on any atom is 0.410 e. The molecule has 1 aromatic rings. The predicted octanol–water partition coefficient (Wildman–Crippen LogP) is 1.27. The Morgan fingerprint density at radius 3 is 3.00 bits per heavy atom. The molecule has 16 heavy (non-hydrogen) atoms. The fourth-order valence-electron chi connectivity index (χ4n) is 1.61. The van der Waals surface area contributed by atoms with Crippen LogP contribution in [0.25, 0.3) is 0 Å². The molecule has 0 aromatic heterocycles. The molecule has 1 aliphatic heterocycles. The van der Waals surface area contributed by atoms with Gasteiger partial charge in [-0.25, -0.2) is 4.79 Å². The normalized spacial score (nSPS) is 15.0. The number of benzene rings is 1. The molecule has 0 radical (unpaired) electrons. The maximum atomic E-state index is 11.3. The molecule has 0 unspecified atom stereocenters. The molecule has 1 heterocycles. The standard InChI is InChI=1S/C11H12N2O2S/c12-10(16)9-3-1-2-8(6-9)7-13-4-5-15-11(13)14/h1-3,6H,4-5,7H2,(H2,12,16). The van der Waals surface area contributed by atoms with Crippen LogP contribution in [0.4, 0.5) is 4.79 Å². The molecule has 0 spiro atoms. The summed E-state index contributed by atoms with van der Waals surface area (Å²) in [5.74, 6) is 0. The van der Waals surface area contributed by atoms with E-state index in [1.54, 1.807) is 4.90 Å². The van der Waals surface area contributed by atoms with E-state index in [1.165, 1.54) is 0 Å². The summed E-state index contributed by atoms with van der Waals surface area (Å²) >= 11 is 4.90. The number of nitrogens with zero attached hydrogens (tertiary/aromatic N) is 1. The van der Waals surface area contributed by atoms with Gasteiger partial charge in [0, 0.05) is 12.1 Å². The minimum absolute atomic E-state index is 0.263. The molecule has 1 aliphatic rings. The first-order valence-electron chi connectivity index (χ1n) is 4.97. The lowest BCUT2D eigenvalue weighted by Crippen LogP contribution is -2.23. The summed E-state index contributed by atoms with van der Waals surface area (Å²) in [6.45, 7) is 1.64. The third-order valence-corrected chi connectivity index (χ3v) is 2.67. The summed E-state index contributed by atoms with van der Waals surface area (Å²) in [5.41, 5.74) is 7.37. The summed E-state index contributed by atoms with van der Waals surface area (Å²) in [6, 6.07) is 7.57. The molecule has 0 aliphatic carbocycles. The van der Waals surface area contributed by atoms with Crippen molar-refractivity contribution < 1.29 is 9.53 Å². The summed E-state index contributed by atoms with van der Waals surface area (Å²) in [5, 5.41) is 0. The summed E-state index contributed by atoms with van der Waals surface area (Å²) < 4.78 is 4.85. The van der Waals surface area contributed by atoms with Gasteiger partial charge < -0.3 is 15.4 Å². The Morgan fingerprint density at radius 1 is 1.56 bits per heavy atom. The topological polar surface area (TPSA) is 55.6 Å². The van der Waals surface area contributed by atoms with E-state index in [-0.39, 0.29) is 6.09 Å². The molecule has 84 valence electrons. The molecular formula is C11H12N2O2S. The number of ether oxygens (including phenoxy) is 1. The van der Waals surface area contributed by atoms with Gasteiger partial charge in [0.25, 0.3) is 0 Å². The Morgan fingerprint density at radius 2 is 2.38 bits per heavy atom. The Kier molecular flexibility index (Phi) is 3.05. The number of cyclic esters (lactones) is 1. The van der Waals surface area contributed by atoms with E-state index in [2.05, 4.69) is 0 Å². The highest BCUT2D eigenvalue weighted by molar-refractivity contribution is 7.80. The van der Waals surface area contributed by atoms with Crippen LogP contribution in [0.1, 0.15) is 11.1 Å². The van der Waals surface area contributed by atoms with Gasteiger partial charge in [-0.1, -0.05) is 30.4 Å². The summed E-state index contributed by atoms with van der Waals surface area (Å²) in [6.07, 6.45) is -0.263. The number of rotatable bonds is 3. The van der Waals surface area contributed by atoms with Gasteiger partial charge in [0.05, 0.1) is 6.54 Å². The number of carbonyl (C=O) groups excluding carboxylic acids is 1. The van der Waals surface area contributed by atoms with Crippen LogP contribution >= 0.6 is 12.2 Å². The van der Waals surface area contributed by atoms with Crippen molar-refractivity contribution in [3.63, 3.8) is 0 Å². The Bertz CT molecular complexity index is 434. The van der Waals surface area contributed by atoms with E-state index in [9.17, 15) is 4.79 Å². The van der Waals surface area contributed by atoms with E-state index in [0.29, 0.717) is 24.7 Å². The second-order valence-corrected chi connectivity index (χ2v) is 4.04. The number of nitrogens with two attached hydrogens (primary N) is 1. The van der Waals surface area contributed by atoms with Crippen molar-refractivity contribution in [1.82, 2.24) is 4.90 Å². The number of hydrogen-bond donors (Lipinski definition) is 1. The van der Waals surface area contributed by atoms with Gasteiger partial charge >= 0.3 is 6.09 Å². The van der Waals surface area contributed by atoms with Crippen LogP contribution in [0, 0.1) is 0 Å². The third kappa shape index (κ3) is 2.30. The highest BCUT2D eigenvalue weighted by Crippen LogP contribution is 2.12. The van der Waals surface area contributed by atoms with Crippen LogP contribution in [0.5, 0.6) is 0 Å². The van der Waals surface area contributed by atoms with Gasteiger partial charge in [-0.05, 0) is 11.6 Å². The monoisotopic (exact) mass is 236 g/mol. The molecule has 1 fully saturated rings. The molecular weight excluding hydrogens is 224 g/mol. The second-order valence-electron chi connectivity index (χ2n) is 3.60. The van der Waals surface area contributed by atoms with Gasteiger partial charge in [-0.15, -0.1) is 0 Å². The zero-order valence-corrected chi connectivity index (χ0v) is 9.50. The number of amides is 1. The van der Waals surface area contributed by atoms with E-state index in [1.807, 2.05) is 24.3 Å². The van der Waals surface area contributed by atoms with Crippen LogP contribution in [0.15, 0.2) is 24.3 Å². The van der Waals surface area contributed by atoms with Gasteiger partial charge in [-0.3, -0.25) is 0 Å². The first-order valence-corrected chi connectivity index (χ1v) is 5.38. The predicted molar refractivity (Wildman–Crippen MR) is 64.1 cm³/mol. The first kappa shape index (κ1) is 10.9. The van der Waals surface area contributed by atoms with E-state index in [4.69, 9.17) is 22.7 Å². The molecule has 0 atom stereocenters. The lowest BCUT2D eigenvalue weighted by Gasteiger charge is -2.12. The van der Waals surface area contributed by atoms with E-state index in [0.717, 1.165) is 11.1 Å². The van der Waals surface area contributed by atoms with E-state index < -0.39 is 0 Å². The fourth-order valence-corrected chi connectivity index (χ4v) is 1.74. The second kappa shape index (κ2) is 4.49. The highest BCUT2D eigenvalue weighted by Gasteiger charge is 2.21. The quantitative estimate of drug-likeness (QED) is 0.803. The van der Waals surface area contributed by atoms with Crippen molar-refractivity contribution >= 4 is 23.3 Å². The molecule has 0 saturated carbocycles. The molecule has 5 heteroatoms. The van der Waals surface area contributed by atoms with Gasteiger partial charge in [-0.2, -0.15) is 0 Å². The van der Waals surface area contributed by atoms with Crippen LogP contribution in [-0.4, -0.2) is 29.1 Å². The van der Waals surface area contributed by atoms with Crippen LogP contribution < -0.4 is 5.73 Å². The van der Waals surface area contributed by atoms with Crippen LogP contribution in [-0.2, 0) is 11.3 Å². The number of thiocarbonyl (C=S) groups is 1. The number of carbonyl (C=O) groups is 1. The zero-order valence-electron chi connectivity index (χ0n) is 8.68. The Labute approximate surface area is 99.0 Å². The molecule has 4 nitrogen and oxygen atoms in total. The SMILES string of the molecule is NC(=S)c1cccc(CN2CCOC2=O)c1. The largest absolute Gasteiger partial charge is 0.448 e. The fraction of sp³-hybridized carbons (Fsp3) is 0.273. The average molecular weight is 236 g/mol. The lowest BCUT2D eigenvalue weighted by molar-refractivity contribution is 0.157.